The largest absolute Gasteiger partial charge is 0.515 e. The molecule has 39 heavy (non-hydrogen) atoms. The third-order valence-corrected chi connectivity index (χ3v) is 7.33. The van der Waals surface area contributed by atoms with Gasteiger partial charge in [0.15, 0.2) is 5.82 Å². The molecule has 1 aliphatic carbocycles. The number of nitrogens with zero attached hydrogens (tertiary/aromatic N) is 5. The van der Waals surface area contributed by atoms with E-state index in [1.807, 2.05) is 0 Å². The summed E-state index contributed by atoms with van der Waals surface area (Å²) in [6, 6.07) is 8.82. The molecule has 0 spiro atoms. The summed E-state index contributed by atoms with van der Waals surface area (Å²) in [4.78, 5) is 27.7. The number of nitrogens with one attached hydrogen (secondary N) is 2. The van der Waals surface area contributed by atoms with E-state index >= 15 is 0 Å². The van der Waals surface area contributed by atoms with E-state index in [1.54, 1.807) is 37.3 Å². The molecule has 3 aromatic rings. The van der Waals surface area contributed by atoms with E-state index in [9.17, 15) is 13.6 Å². The van der Waals surface area contributed by atoms with Gasteiger partial charge >= 0.3 is 0 Å². The van der Waals surface area contributed by atoms with E-state index in [4.69, 9.17) is 14.8 Å². The van der Waals surface area contributed by atoms with Crippen LogP contribution in [0, 0.1) is 5.92 Å². The number of anilines is 2. The fourth-order valence-corrected chi connectivity index (χ4v) is 5.11. The number of aromatic nitrogens is 4. The highest BCUT2D eigenvalue weighted by Crippen LogP contribution is 2.30. The number of carbonyl (C=O) groups excluding carboxylic acids is 1. The number of para-hydroxylation sites is 2. The first kappa shape index (κ1) is 26.8. The van der Waals surface area contributed by atoms with Crippen LogP contribution in [0.25, 0.3) is 16.9 Å². The van der Waals surface area contributed by atoms with Crippen molar-refractivity contribution in [2.24, 2.45) is 5.92 Å². The standard InChI is InChI=1S/C27H33F2N7O3/c1-17(16-37)26(38)31-19-8-6-18(7-9-19)15-30-27-33-22(35-10-12-39-13-11-35)14-23(34-27)36-21-5-3-2-4-20(21)32-25(36)24(28)29/h2-5,14,16,18-19,24,37H,6-13,15H2,1H3,(H,31,38)(H,30,33,34)/b17-16+/t18-,19-. The average Bonchev–Trinajstić information content (AvgIpc) is 3.37. The van der Waals surface area contributed by atoms with Gasteiger partial charge < -0.3 is 25.4 Å². The first-order chi connectivity index (χ1) is 18.9. The topological polar surface area (TPSA) is 117 Å². The van der Waals surface area contributed by atoms with Gasteiger partial charge in [-0.15, -0.1) is 0 Å². The van der Waals surface area contributed by atoms with Gasteiger partial charge in [0.05, 0.1) is 30.5 Å². The van der Waals surface area contributed by atoms with Crippen LogP contribution in [0.1, 0.15) is 44.9 Å². The van der Waals surface area contributed by atoms with Crippen LogP contribution in [-0.2, 0) is 9.53 Å². The van der Waals surface area contributed by atoms with Crippen LogP contribution in [0.4, 0.5) is 20.5 Å². The van der Waals surface area contributed by atoms with Crippen molar-refractivity contribution in [1.82, 2.24) is 24.8 Å². The molecule has 2 aromatic heterocycles. The minimum absolute atomic E-state index is 0.0680. The number of alkyl halides is 2. The highest BCUT2D eigenvalue weighted by Gasteiger charge is 2.25. The maximum Gasteiger partial charge on any atom is 0.296 e. The first-order valence-electron chi connectivity index (χ1n) is 13.3. The Morgan fingerprint density at radius 2 is 1.85 bits per heavy atom. The van der Waals surface area contributed by atoms with Crippen molar-refractivity contribution in [3.05, 3.63) is 48.0 Å². The number of imidazole rings is 1. The van der Waals surface area contributed by atoms with Crippen molar-refractivity contribution >= 4 is 28.7 Å². The Kier molecular flexibility index (Phi) is 8.20. The van der Waals surface area contributed by atoms with E-state index in [2.05, 4.69) is 25.5 Å². The third kappa shape index (κ3) is 6.11. The number of halogens is 2. The fourth-order valence-electron chi connectivity index (χ4n) is 5.11. The molecule has 10 nitrogen and oxygen atoms in total. The second kappa shape index (κ2) is 11.9. The zero-order valence-corrected chi connectivity index (χ0v) is 21.8. The van der Waals surface area contributed by atoms with Crippen LogP contribution in [-0.4, -0.2) is 69.4 Å². The molecule has 3 N–H and O–H groups in total. The number of ether oxygens (including phenoxy) is 1. The maximum absolute atomic E-state index is 14.1. The third-order valence-electron chi connectivity index (χ3n) is 7.33. The van der Waals surface area contributed by atoms with E-state index < -0.39 is 6.43 Å². The van der Waals surface area contributed by atoms with Gasteiger partial charge in [-0.2, -0.15) is 9.97 Å². The molecule has 12 heteroatoms. The number of hydrogen-bond donors (Lipinski definition) is 3. The van der Waals surface area contributed by atoms with Crippen LogP contribution in [0.2, 0.25) is 0 Å². The molecule has 1 saturated heterocycles. The smallest absolute Gasteiger partial charge is 0.296 e. The van der Waals surface area contributed by atoms with Gasteiger partial charge in [0.1, 0.15) is 11.6 Å². The van der Waals surface area contributed by atoms with Crippen molar-refractivity contribution in [2.45, 2.75) is 45.1 Å². The lowest BCUT2D eigenvalue weighted by molar-refractivity contribution is -0.118. The summed E-state index contributed by atoms with van der Waals surface area (Å²) in [7, 11) is 0. The van der Waals surface area contributed by atoms with Gasteiger partial charge in [0, 0.05) is 37.3 Å². The van der Waals surface area contributed by atoms with Gasteiger partial charge in [-0.25, -0.2) is 13.8 Å². The summed E-state index contributed by atoms with van der Waals surface area (Å²) in [6.45, 7) is 4.60. The lowest BCUT2D eigenvalue weighted by atomic mass is 9.86. The van der Waals surface area contributed by atoms with Gasteiger partial charge in [0.25, 0.3) is 6.43 Å². The summed E-state index contributed by atoms with van der Waals surface area (Å²) < 4.78 is 35.0. The number of fused-ring (bicyclic) bond motifs is 1. The Morgan fingerprint density at radius 1 is 1.13 bits per heavy atom. The average molecular weight is 542 g/mol. The molecule has 0 bridgehead atoms. The molecule has 1 aliphatic heterocycles. The van der Waals surface area contributed by atoms with E-state index in [1.165, 1.54) is 4.57 Å². The van der Waals surface area contributed by atoms with Crippen LogP contribution in [0.5, 0.6) is 0 Å². The minimum Gasteiger partial charge on any atom is -0.515 e. The molecule has 208 valence electrons. The molecule has 1 amide bonds. The van der Waals surface area contributed by atoms with Crippen LogP contribution >= 0.6 is 0 Å². The quantitative estimate of drug-likeness (QED) is 0.288. The second-order valence-corrected chi connectivity index (χ2v) is 9.99. The monoisotopic (exact) mass is 541 g/mol. The van der Waals surface area contributed by atoms with Crippen molar-refractivity contribution in [2.75, 3.05) is 43.1 Å². The second-order valence-electron chi connectivity index (χ2n) is 9.99. The molecule has 1 saturated carbocycles. The Morgan fingerprint density at radius 3 is 2.56 bits per heavy atom. The summed E-state index contributed by atoms with van der Waals surface area (Å²) in [5, 5.41) is 15.3. The number of amides is 1. The fraction of sp³-hybridized carbons (Fsp3) is 0.481. The van der Waals surface area contributed by atoms with Crippen molar-refractivity contribution in [3.63, 3.8) is 0 Å². The lowest BCUT2D eigenvalue weighted by Crippen LogP contribution is -2.39. The Bertz CT molecular complexity index is 1330. The number of carbonyl (C=O) groups is 1. The Labute approximate surface area is 225 Å². The summed E-state index contributed by atoms with van der Waals surface area (Å²) in [5.74, 6) is 1.07. The summed E-state index contributed by atoms with van der Waals surface area (Å²) in [5.41, 5.74) is 1.31. The Balaban J connectivity index is 1.36. The van der Waals surface area contributed by atoms with Crippen LogP contribution in [0.15, 0.2) is 42.2 Å². The normalized spacial score (nSPS) is 20.4. The number of rotatable bonds is 8. The number of benzene rings is 1. The van der Waals surface area contributed by atoms with Crippen molar-refractivity contribution < 1.29 is 23.4 Å². The van der Waals surface area contributed by atoms with Gasteiger partial charge in [-0.1, -0.05) is 12.1 Å². The van der Waals surface area contributed by atoms with Crippen LogP contribution in [0.3, 0.4) is 0 Å². The van der Waals surface area contributed by atoms with Gasteiger partial charge in [-0.05, 0) is 50.7 Å². The maximum atomic E-state index is 14.1. The van der Waals surface area contributed by atoms with E-state index in [-0.39, 0.29) is 23.3 Å². The highest BCUT2D eigenvalue weighted by molar-refractivity contribution is 5.92. The number of aliphatic hydroxyl groups is 1. The SMILES string of the molecule is C/C(=C\O)C(=O)N[C@H]1CC[C@H](CNc2nc(N3CCOCC3)cc(-n3c(C(F)F)nc4ccccc43)n2)CC1. The molecular formula is C27H33F2N7O3. The predicted octanol–water partition coefficient (Wildman–Crippen LogP) is 4.14. The minimum atomic E-state index is -2.78. The molecule has 2 fully saturated rings. The molecule has 0 unspecified atom stereocenters. The van der Waals surface area contributed by atoms with Gasteiger partial charge in [-0.3, -0.25) is 9.36 Å². The summed E-state index contributed by atoms with van der Waals surface area (Å²) in [6.07, 6.45) is 1.50. The van der Waals surface area contributed by atoms with E-state index in [0.29, 0.717) is 67.4 Å². The number of aliphatic hydroxyl groups excluding tert-OH is 1. The summed E-state index contributed by atoms with van der Waals surface area (Å²) >= 11 is 0. The van der Waals surface area contributed by atoms with Crippen LogP contribution < -0.4 is 15.5 Å². The number of morpholine rings is 1. The molecule has 1 aromatic carbocycles. The lowest BCUT2D eigenvalue weighted by Gasteiger charge is -2.30. The zero-order valence-electron chi connectivity index (χ0n) is 21.8. The molecular weight excluding hydrogens is 508 g/mol. The highest BCUT2D eigenvalue weighted by atomic mass is 19.3. The number of hydrogen-bond acceptors (Lipinski definition) is 8. The van der Waals surface area contributed by atoms with Crippen molar-refractivity contribution in [1.29, 1.82) is 0 Å². The van der Waals surface area contributed by atoms with Crippen molar-refractivity contribution in [3.8, 4) is 5.82 Å². The predicted molar refractivity (Wildman–Crippen MR) is 143 cm³/mol. The zero-order chi connectivity index (χ0) is 27.4. The molecule has 0 atom stereocenters. The molecule has 2 aliphatic rings. The molecule has 3 heterocycles. The van der Waals surface area contributed by atoms with Gasteiger partial charge in [0.2, 0.25) is 11.9 Å². The molecule has 0 radical (unpaired) electrons. The Hall–Kier alpha value is -3.80. The first-order valence-corrected chi connectivity index (χ1v) is 13.3. The van der Waals surface area contributed by atoms with E-state index in [0.717, 1.165) is 31.9 Å². The molecule has 5 rings (SSSR count).